The van der Waals surface area contributed by atoms with Crippen molar-refractivity contribution in [2.24, 2.45) is 0 Å². The molecule has 4 heteroatoms. The van der Waals surface area contributed by atoms with Crippen LogP contribution in [0.3, 0.4) is 0 Å². The first-order valence-corrected chi connectivity index (χ1v) is 9.36. The second-order valence-corrected chi connectivity index (χ2v) is 7.14. The number of H-pyrrole nitrogens is 1. The fourth-order valence-electron chi connectivity index (χ4n) is 3.97. The first kappa shape index (κ1) is 16.7. The Balaban J connectivity index is 1.42. The summed E-state index contributed by atoms with van der Waals surface area (Å²) in [5.41, 5.74) is 4.52. The lowest BCUT2D eigenvalue weighted by Gasteiger charge is -2.34. The zero-order chi connectivity index (χ0) is 17.9. The molecular formula is C22H25N3O. The van der Waals surface area contributed by atoms with Crippen LogP contribution in [0.2, 0.25) is 0 Å². The summed E-state index contributed by atoms with van der Waals surface area (Å²) in [4.78, 5) is 18.4. The van der Waals surface area contributed by atoms with E-state index in [0.717, 1.165) is 48.1 Å². The van der Waals surface area contributed by atoms with Crippen molar-refractivity contribution >= 4 is 22.5 Å². The van der Waals surface area contributed by atoms with E-state index >= 15 is 0 Å². The number of benzene rings is 2. The molecule has 3 aromatic rings. The molecule has 1 aliphatic rings. The van der Waals surface area contributed by atoms with E-state index in [0.29, 0.717) is 6.42 Å². The molecule has 1 amide bonds. The number of hydrogen-bond acceptors (Lipinski definition) is 2. The monoisotopic (exact) mass is 347 g/mol. The molecule has 1 saturated heterocycles. The maximum Gasteiger partial charge on any atom is 0.224 e. The molecule has 2 aromatic carbocycles. The fraction of sp³-hybridized carbons (Fsp3) is 0.318. The lowest BCUT2D eigenvalue weighted by Crippen LogP contribution is -2.48. The Hall–Kier alpha value is -2.75. The minimum Gasteiger partial charge on any atom is -0.369 e. The van der Waals surface area contributed by atoms with Crippen LogP contribution < -0.4 is 10.2 Å². The van der Waals surface area contributed by atoms with Crippen molar-refractivity contribution in [3.8, 4) is 0 Å². The predicted molar refractivity (Wildman–Crippen MR) is 107 cm³/mol. The SMILES string of the molecule is Cc1[nH]c2ccccc2c1CC(=O)N[C@H]1CCCN(c2ccccc2)C1. The number of aryl methyl sites for hydroxylation is 1. The smallest absolute Gasteiger partial charge is 0.224 e. The largest absolute Gasteiger partial charge is 0.369 e. The van der Waals surface area contributed by atoms with E-state index in [1.807, 2.05) is 25.1 Å². The van der Waals surface area contributed by atoms with Gasteiger partial charge in [0.1, 0.15) is 0 Å². The normalized spacial score (nSPS) is 17.4. The van der Waals surface area contributed by atoms with Crippen LogP contribution in [-0.2, 0) is 11.2 Å². The maximum atomic E-state index is 12.7. The van der Waals surface area contributed by atoms with Crippen LogP contribution in [0, 0.1) is 6.92 Å². The Bertz CT molecular complexity index is 900. The number of piperidine rings is 1. The number of para-hydroxylation sites is 2. The standard InChI is InChI=1S/C22H25N3O/c1-16-20(19-11-5-6-12-21(19)23-16)14-22(26)24-17-8-7-13-25(15-17)18-9-3-2-4-10-18/h2-6,9-12,17,23H,7-8,13-15H2,1H3,(H,24,26)/t17-/m0/s1. The number of anilines is 1. The third-order valence-corrected chi connectivity index (χ3v) is 5.27. The van der Waals surface area contributed by atoms with Gasteiger partial charge in [0, 0.05) is 41.4 Å². The lowest BCUT2D eigenvalue weighted by molar-refractivity contribution is -0.121. The van der Waals surface area contributed by atoms with E-state index in [-0.39, 0.29) is 11.9 Å². The van der Waals surface area contributed by atoms with Gasteiger partial charge >= 0.3 is 0 Å². The van der Waals surface area contributed by atoms with E-state index in [4.69, 9.17) is 0 Å². The number of rotatable bonds is 4. The molecule has 1 atom stereocenters. The molecule has 4 rings (SSSR count). The molecule has 2 N–H and O–H groups in total. The summed E-state index contributed by atoms with van der Waals surface area (Å²) in [6, 6.07) is 18.8. The molecule has 1 aromatic heterocycles. The van der Waals surface area contributed by atoms with E-state index in [2.05, 4.69) is 51.6 Å². The third kappa shape index (κ3) is 3.45. The molecule has 0 bridgehead atoms. The Morgan fingerprint density at radius 2 is 1.92 bits per heavy atom. The number of aromatic amines is 1. The van der Waals surface area contributed by atoms with Crippen molar-refractivity contribution < 1.29 is 4.79 Å². The minimum atomic E-state index is 0.109. The minimum absolute atomic E-state index is 0.109. The fourth-order valence-corrected chi connectivity index (χ4v) is 3.97. The molecule has 0 unspecified atom stereocenters. The van der Waals surface area contributed by atoms with Gasteiger partial charge in [-0.25, -0.2) is 0 Å². The van der Waals surface area contributed by atoms with Crippen LogP contribution >= 0.6 is 0 Å². The number of amides is 1. The van der Waals surface area contributed by atoms with Crippen LogP contribution in [0.4, 0.5) is 5.69 Å². The number of aromatic nitrogens is 1. The summed E-state index contributed by atoms with van der Waals surface area (Å²) < 4.78 is 0. The lowest BCUT2D eigenvalue weighted by atomic mass is 10.0. The second kappa shape index (κ2) is 7.24. The quantitative estimate of drug-likeness (QED) is 0.754. The molecule has 0 aliphatic carbocycles. The van der Waals surface area contributed by atoms with Gasteiger partial charge < -0.3 is 15.2 Å². The summed E-state index contributed by atoms with van der Waals surface area (Å²) in [5, 5.41) is 4.40. The van der Waals surface area contributed by atoms with Gasteiger partial charge in [-0.2, -0.15) is 0 Å². The van der Waals surface area contributed by atoms with Crippen LogP contribution in [0.25, 0.3) is 10.9 Å². The molecule has 26 heavy (non-hydrogen) atoms. The van der Waals surface area contributed by atoms with Crippen molar-refractivity contribution in [1.82, 2.24) is 10.3 Å². The maximum absolute atomic E-state index is 12.7. The average molecular weight is 347 g/mol. The van der Waals surface area contributed by atoms with E-state index in [1.54, 1.807) is 0 Å². The van der Waals surface area contributed by atoms with Crippen LogP contribution in [0.15, 0.2) is 54.6 Å². The van der Waals surface area contributed by atoms with E-state index in [9.17, 15) is 4.79 Å². The summed E-state index contributed by atoms with van der Waals surface area (Å²) >= 11 is 0. The highest BCUT2D eigenvalue weighted by Gasteiger charge is 2.22. The average Bonchev–Trinajstić information content (AvgIpc) is 2.98. The Morgan fingerprint density at radius 3 is 2.77 bits per heavy atom. The van der Waals surface area contributed by atoms with Gasteiger partial charge in [0.25, 0.3) is 0 Å². The van der Waals surface area contributed by atoms with Crippen LogP contribution in [0.5, 0.6) is 0 Å². The van der Waals surface area contributed by atoms with Crippen molar-refractivity contribution in [3.63, 3.8) is 0 Å². The topological polar surface area (TPSA) is 48.1 Å². The predicted octanol–water partition coefficient (Wildman–Crippen LogP) is 3.80. The summed E-state index contributed by atoms with van der Waals surface area (Å²) in [5.74, 6) is 0.109. The summed E-state index contributed by atoms with van der Waals surface area (Å²) in [6.07, 6.45) is 2.57. The summed E-state index contributed by atoms with van der Waals surface area (Å²) in [7, 11) is 0. The molecular weight excluding hydrogens is 322 g/mol. The number of carbonyl (C=O) groups is 1. The van der Waals surface area contributed by atoms with Gasteiger partial charge in [-0.3, -0.25) is 4.79 Å². The number of hydrogen-bond donors (Lipinski definition) is 2. The first-order chi connectivity index (χ1) is 12.7. The highest BCUT2D eigenvalue weighted by Crippen LogP contribution is 2.23. The van der Waals surface area contributed by atoms with Gasteiger partial charge in [0.15, 0.2) is 0 Å². The van der Waals surface area contributed by atoms with Gasteiger partial charge in [-0.05, 0) is 43.5 Å². The number of nitrogens with one attached hydrogen (secondary N) is 2. The van der Waals surface area contributed by atoms with Crippen LogP contribution in [0.1, 0.15) is 24.1 Å². The molecule has 1 aliphatic heterocycles. The molecule has 1 fully saturated rings. The summed E-state index contributed by atoms with van der Waals surface area (Å²) in [6.45, 7) is 3.97. The van der Waals surface area contributed by atoms with Gasteiger partial charge in [-0.1, -0.05) is 36.4 Å². The first-order valence-electron chi connectivity index (χ1n) is 9.36. The van der Waals surface area contributed by atoms with Crippen molar-refractivity contribution in [3.05, 3.63) is 65.9 Å². The van der Waals surface area contributed by atoms with Crippen molar-refractivity contribution in [2.75, 3.05) is 18.0 Å². The highest BCUT2D eigenvalue weighted by molar-refractivity contribution is 5.90. The Labute approximate surface area is 154 Å². The molecule has 0 saturated carbocycles. The van der Waals surface area contributed by atoms with Crippen molar-refractivity contribution in [1.29, 1.82) is 0 Å². The van der Waals surface area contributed by atoms with Gasteiger partial charge in [-0.15, -0.1) is 0 Å². The Kier molecular flexibility index (Phi) is 4.65. The van der Waals surface area contributed by atoms with Gasteiger partial charge in [0.2, 0.25) is 5.91 Å². The van der Waals surface area contributed by atoms with Crippen molar-refractivity contribution in [2.45, 2.75) is 32.2 Å². The number of carbonyl (C=O) groups excluding carboxylic acids is 1. The zero-order valence-corrected chi connectivity index (χ0v) is 15.2. The second-order valence-electron chi connectivity index (χ2n) is 7.14. The molecule has 4 nitrogen and oxygen atoms in total. The zero-order valence-electron chi connectivity index (χ0n) is 15.2. The number of fused-ring (bicyclic) bond motifs is 1. The number of nitrogens with zero attached hydrogens (tertiary/aromatic N) is 1. The molecule has 2 heterocycles. The Morgan fingerprint density at radius 1 is 1.15 bits per heavy atom. The molecule has 0 spiro atoms. The molecule has 134 valence electrons. The van der Waals surface area contributed by atoms with Gasteiger partial charge in [0.05, 0.1) is 6.42 Å². The van der Waals surface area contributed by atoms with E-state index < -0.39 is 0 Å². The molecule has 0 radical (unpaired) electrons. The third-order valence-electron chi connectivity index (χ3n) is 5.27. The highest BCUT2D eigenvalue weighted by atomic mass is 16.1. The van der Waals surface area contributed by atoms with Crippen LogP contribution in [-0.4, -0.2) is 30.0 Å². The van der Waals surface area contributed by atoms with E-state index in [1.165, 1.54) is 5.69 Å².